The van der Waals surface area contributed by atoms with Gasteiger partial charge in [-0.2, -0.15) is 13.2 Å². The van der Waals surface area contributed by atoms with Crippen LogP contribution in [0.25, 0.3) is 0 Å². The van der Waals surface area contributed by atoms with E-state index >= 15 is 0 Å². The average molecular weight is 273 g/mol. The zero-order chi connectivity index (χ0) is 14.0. The van der Waals surface area contributed by atoms with E-state index in [9.17, 15) is 18.0 Å². The van der Waals surface area contributed by atoms with E-state index in [2.05, 4.69) is 4.98 Å². The van der Waals surface area contributed by atoms with Gasteiger partial charge in [0.05, 0.1) is 5.56 Å². The van der Waals surface area contributed by atoms with E-state index in [4.69, 9.17) is 5.73 Å². The number of carbonyl (C=O) groups excluding carboxylic acids is 1. The first-order chi connectivity index (χ1) is 8.88. The van der Waals surface area contributed by atoms with Crippen LogP contribution in [0.3, 0.4) is 0 Å². The molecule has 0 aromatic carbocycles. The number of piperidine rings is 1. The van der Waals surface area contributed by atoms with E-state index in [0.29, 0.717) is 13.1 Å². The molecule has 0 spiro atoms. The number of nitrogens with zero attached hydrogens (tertiary/aromatic N) is 2. The second kappa shape index (κ2) is 5.16. The molecule has 1 atom stereocenters. The lowest BCUT2D eigenvalue weighted by molar-refractivity contribution is -0.141. The lowest BCUT2D eigenvalue weighted by Gasteiger charge is -2.30. The molecule has 1 unspecified atom stereocenters. The van der Waals surface area contributed by atoms with E-state index < -0.39 is 11.9 Å². The number of rotatable bonds is 1. The van der Waals surface area contributed by atoms with Gasteiger partial charge >= 0.3 is 6.18 Å². The normalized spacial score (nSPS) is 20.4. The molecule has 7 heteroatoms. The molecule has 0 aliphatic carbocycles. The van der Waals surface area contributed by atoms with Crippen molar-refractivity contribution in [1.82, 2.24) is 9.88 Å². The second-order valence-electron chi connectivity index (χ2n) is 4.58. The number of aromatic nitrogens is 1. The van der Waals surface area contributed by atoms with Gasteiger partial charge in [0, 0.05) is 25.3 Å². The summed E-state index contributed by atoms with van der Waals surface area (Å²) < 4.78 is 37.1. The van der Waals surface area contributed by atoms with Gasteiger partial charge in [-0.3, -0.25) is 9.78 Å². The molecule has 0 bridgehead atoms. The summed E-state index contributed by atoms with van der Waals surface area (Å²) in [6, 6.07) is 1.90. The smallest absolute Gasteiger partial charge is 0.337 e. The number of amides is 1. The molecule has 104 valence electrons. The Labute approximate surface area is 108 Å². The van der Waals surface area contributed by atoms with Gasteiger partial charge in [0.2, 0.25) is 0 Å². The van der Waals surface area contributed by atoms with Crippen LogP contribution in [0.1, 0.15) is 28.9 Å². The molecule has 19 heavy (non-hydrogen) atoms. The van der Waals surface area contributed by atoms with Gasteiger partial charge in [0.15, 0.2) is 0 Å². The maximum absolute atomic E-state index is 12.4. The first-order valence-corrected chi connectivity index (χ1v) is 5.96. The number of hydrogen-bond acceptors (Lipinski definition) is 3. The largest absolute Gasteiger partial charge is 0.433 e. The number of carbonyl (C=O) groups is 1. The lowest BCUT2D eigenvalue weighted by Crippen LogP contribution is -2.45. The standard InChI is InChI=1S/C12H14F3N3O/c13-12(14,15)10-4-3-8(6-17-10)11(19)18-5-1-2-9(16)7-18/h3-4,6,9H,1-2,5,7,16H2. The van der Waals surface area contributed by atoms with Crippen molar-refractivity contribution in [3.8, 4) is 0 Å². The number of hydrogen-bond donors (Lipinski definition) is 1. The topological polar surface area (TPSA) is 59.2 Å². The van der Waals surface area contributed by atoms with Crippen molar-refractivity contribution >= 4 is 5.91 Å². The van der Waals surface area contributed by atoms with Crippen LogP contribution >= 0.6 is 0 Å². The first-order valence-electron chi connectivity index (χ1n) is 5.96. The summed E-state index contributed by atoms with van der Waals surface area (Å²) in [5.74, 6) is -0.323. The van der Waals surface area contributed by atoms with Crippen LogP contribution in [0.4, 0.5) is 13.2 Å². The fraction of sp³-hybridized carbons (Fsp3) is 0.500. The molecule has 4 nitrogen and oxygen atoms in total. The maximum Gasteiger partial charge on any atom is 0.433 e. The van der Waals surface area contributed by atoms with Crippen molar-refractivity contribution in [1.29, 1.82) is 0 Å². The van der Waals surface area contributed by atoms with Gasteiger partial charge in [-0.25, -0.2) is 0 Å². The number of alkyl halides is 3. The molecule has 2 N–H and O–H groups in total. The van der Waals surface area contributed by atoms with Gasteiger partial charge in [0.1, 0.15) is 5.69 Å². The quantitative estimate of drug-likeness (QED) is 0.846. The van der Waals surface area contributed by atoms with E-state index in [0.717, 1.165) is 31.2 Å². The molecule has 1 aromatic rings. The minimum atomic E-state index is -4.49. The molecule has 0 radical (unpaired) electrons. The highest BCUT2D eigenvalue weighted by molar-refractivity contribution is 5.94. The third kappa shape index (κ3) is 3.23. The van der Waals surface area contributed by atoms with Crippen LogP contribution in [-0.4, -0.2) is 34.9 Å². The minimum absolute atomic E-state index is 0.0693. The zero-order valence-electron chi connectivity index (χ0n) is 10.2. The van der Waals surface area contributed by atoms with Gasteiger partial charge in [-0.05, 0) is 25.0 Å². The molecule has 2 heterocycles. The van der Waals surface area contributed by atoms with Gasteiger partial charge in [-0.15, -0.1) is 0 Å². The Kier molecular flexibility index (Phi) is 3.75. The molecular formula is C12H14F3N3O. The predicted molar refractivity (Wildman–Crippen MR) is 62.4 cm³/mol. The van der Waals surface area contributed by atoms with Crippen molar-refractivity contribution < 1.29 is 18.0 Å². The predicted octanol–water partition coefficient (Wildman–Crippen LogP) is 1.66. The van der Waals surface area contributed by atoms with Crippen molar-refractivity contribution in [3.05, 3.63) is 29.6 Å². The molecule has 1 aromatic heterocycles. The third-order valence-corrected chi connectivity index (χ3v) is 3.05. The summed E-state index contributed by atoms with van der Waals surface area (Å²) in [5.41, 5.74) is 4.92. The van der Waals surface area contributed by atoms with Crippen LogP contribution in [0.15, 0.2) is 18.3 Å². The number of likely N-dealkylation sites (tertiary alicyclic amines) is 1. The van der Waals surface area contributed by atoms with Crippen LogP contribution in [0.5, 0.6) is 0 Å². The van der Waals surface area contributed by atoms with E-state index in [-0.39, 0.29) is 17.5 Å². The van der Waals surface area contributed by atoms with Gasteiger partial charge < -0.3 is 10.6 Å². The van der Waals surface area contributed by atoms with E-state index in [1.807, 2.05) is 0 Å². The molecule has 1 amide bonds. The molecule has 1 saturated heterocycles. The highest BCUT2D eigenvalue weighted by atomic mass is 19.4. The maximum atomic E-state index is 12.4. The van der Waals surface area contributed by atoms with Crippen molar-refractivity contribution in [2.45, 2.75) is 25.1 Å². The number of halogens is 3. The Bertz CT molecular complexity index is 458. The van der Waals surface area contributed by atoms with Gasteiger partial charge in [0.25, 0.3) is 5.91 Å². The highest BCUT2D eigenvalue weighted by Crippen LogP contribution is 2.27. The SMILES string of the molecule is NC1CCCN(C(=O)c2ccc(C(F)(F)F)nc2)C1. The third-order valence-electron chi connectivity index (χ3n) is 3.05. The fourth-order valence-corrected chi connectivity index (χ4v) is 2.07. The molecule has 0 saturated carbocycles. The van der Waals surface area contributed by atoms with Gasteiger partial charge in [-0.1, -0.05) is 0 Å². The summed E-state index contributed by atoms with van der Waals surface area (Å²) in [4.78, 5) is 16.9. The van der Waals surface area contributed by atoms with Crippen LogP contribution in [0, 0.1) is 0 Å². The molecule has 2 rings (SSSR count). The molecular weight excluding hydrogens is 259 g/mol. The van der Waals surface area contributed by atoms with Crippen molar-refractivity contribution in [2.75, 3.05) is 13.1 Å². The highest BCUT2D eigenvalue weighted by Gasteiger charge is 2.32. The zero-order valence-corrected chi connectivity index (χ0v) is 10.2. The Morgan fingerprint density at radius 1 is 1.42 bits per heavy atom. The summed E-state index contributed by atoms with van der Waals surface area (Å²) >= 11 is 0. The van der Waals surface area contributed by atoms with Crippen molar-refractivity contribution in [3.63, 3.8) is 0 Å². The lowest BCUT2D eigenvalue weighted by atomic mass is 10.1. The van der Waals surface area contributed by atoms with E-state index in [1.54, 1.807) is 4.90 Å². The summed E-state index contributed by atoms with van der Waals surface area (Å²) in [5, 5.41) is 0. The number of nitrogens with two attached hydrogens (primary N) is 1. The molecule has 1 fully saturated rings. The second-order valence-corrected chi connectivity index (χ2v) is 4.58. The Morgan fingerprint density at radius 3 is 2.68 bits per heavy atom. The number of pyridine rings is 1. The van der Waals surface area contributed by atoms with Crippen LogP contribution < -0.4 is 5.73 Å². The Balaban J connectivity index is 2.11. The fourth-order valence-electron chi connectivity index (χ4n) is 2.07. The molecule has 1 aliphatic rings. The summed E-state index contributed by atoms with van der Waals surface area (Å²) in [6.07, 6.45) is -1.86. The average Bonchev–Trinajstić information content (AvgIpc) is 2.37. The Hall–Kier alpha value is -1.63. The summed E-state index contributed by atoms with van der Waals surface area (Å²) in [7, 11) is 0. The minimum Gasteiger partial charge on any atom is -0.337 e. The first kappa shape index (κ1) is 13.8. The Morgan fingerprint density at radius 2 is 2.16 bits per heavy atom. The van der Waals surface area contributed by atoms with E-state index in [1.165, 1.54) is 0 Å². The summed E-state index contributed by atoms with van der Waals surface area (Å²) in [6.45, 7) is 1.01. The molecule has 1 aliphatic heterocycles. The van der Waals surface area contributed by atoms with Crippen molar-refractivity contribution in [2.24, 2.45) is 5.73 Å². The monoisotopic (exact) mass is 273 g/mol. The van der Waals surface area contributed by atoms with Crippen LogP contribution in [-0.2, 0) is 6.18 Å². The van der Waals surface area contributed by atoms with Crippen LogP contribution in [0.2, 0.25) is 0 Å².